The van der Waals surface area contributed by atoms with E-state index in [0.717, 1.165) is 16.9 Å². The molecule has 1 aromatic heterocycles. The van der Waals surface area contributed by atoms with E-state index in [0.29, 0.717) is 17.8 Å². The zero-order valence-corrected chi connectivity index (χ0v) is 15.7. The Morgan fingerprint density at radius 3 is 2.54 bits per heavy atom. The lowest BCUT2D eigenvalue weighted by Gasteiger charge is -2.16. The van der Waals surface area contributed by atoms with Crippen LogP contribution in [0, 0.1) is 0 Å². The molecule has 24 heavy (non-hydrogen) atoms. The lowest BCUT2D eigenvalue weighted by Crippen LogP contribution is -2.30. The number of carbonyl (C=O) groups excluding carboxylic acids is 1. The molecule has 0 aliphatic carbocycles. The summed E-state index contributed by atoms with van der Waals surface area (Å²) >= 11 is 1.14. The standard InChI is InChI=1S/C17H22N2O3S2/c1-13(2)18-17(20)16-11-15(12-23-16)24(21,22)19(3)10-9-14-7-5-4-6-8-14/h4-8,11-13H,9-10H2,1-3H3,(H,18,20). The van der Waals surface area contributed by atoms with Crippen molar-refractivity contribution in [1.29, 1.82) is 0 Å². The van der Waals surface area contributed by atoms with Gasteiger partial charge < -0.3 is 5.32 Å². The number of sulfonamides is 1. The molecule has 1 aromatic carbocycles. The molecule has 2 rings (SSSR count). The number of rotatable bonds is 7. The van der Waals surface area contributed by atoms with E-state index in [4.69, 9.17) is 0 Å². The minimum atomic E-state index is -3.59. The number of benzene rings is 1. The van der Waals surface area contributed by atoms with Crippen LogP contribution in [0.5, 0.6) is 0 Å². The summed E-state index contributed by atoms with van der Waals surface area (Å²) in [4.78, 5) is 12.5. The molecule has 0 bridgehead atoms. The third-order valence-electron chi connectivity index (χ3n) is 3.49. The SMILES string of the molecule is CC(C)NC(=O)c1cc(S(=O)(=O)N(C)CCc2ccccc2)cs1. The fraction of sp³-hybridized carbons (Fsp3) is 0.353. The highest BCUT2D eigenvalue weighted by Crippen LogP contribution is 2.22. The van der Waals surface area contributed by atoms with E-state index in [1.54, 1.807) is 7.05 Å². The lowest BCUT2D eigenvalue weighted by atomic mass is 10.2. The summed E-state index contributed by atoms with van der Waals surface area (Å²) in [5.74, 6) is -0.247. The summed E-state index contributed by atoms with van der Waals surface area (Å²) in [6.07, 6.45) is 0.640. The fourth-order valence-corrected chi connectivity index (χ4v) is 4.47. The number of nitrogens with zero attached hydrogens (tertiary/aromatic N) is 1. The Hall–Kier alpha value is -1.70. The van der Waals surface area contributed by atoms with E-state index < -0.39 is 10.0 Å². The molecule has 130 valence electrons. The van der Waals surface area contributed by atoms with Gasteiger partial charge in [0.1, 0.15) is 0 Å². The van der Waals surface area contributed by atoms with E-state index >= 15 is 0 Å². The number of likely N-dealkylation sites (N-methyl/N-ethyl adjacent to an activating group) is 1. The predicted molar refractivity (Wildman–Crippen MR) is 96.9 cm³/mol. The van der Waals surface area contributed by atoms with Crippen molar-refractivity contribution in [2.45, 2.75) is 31.2 Å². The van der Waals surface area contributed by atoms with Gasteiger partial charge in [0.15, 0.2) is 0 Å². The van der Waals surface area contributed by atoms with Crippen LogP contribution in [-0.2, 0) is 16.4 Å². The van der Waals surface area contributed by atoms with E-state index in [2.05, 4.69) is 5.32 Å². The van der Waals surface area contributed by atoms with Crippen molar-refractivity contribution < 1.29 is 13.2 Å². The van der Waals surface area contributed by atoms with E-state index in [9.17, 15) is 13.2 Å². The summed E-state index contributed by atoms with van der Waals surface area (Å²) in [6, 6.07) is 11.2. The number of hydrogen-bond acceptors (Lipinski definition) is 4. The molecule has 0 saturated heterocycles. The van der Waals surface area contributed by atoms with Gasteiger partial charge >= 0.3 is 0 Å². The molecule has 1 heterocycles. The highest BCUT2D eigenvalue weighted by atomic mass is 32.2. The number of thiophene rings is 1. The van der Waals surface area contributed by atoms with Crippen LogP contribution < -0.4 is 5.32 Å². The van der Waals surface area contributed by atoms with Crippen molar-refractivity contribution in [2.75, 3.05) is 13.6 Å². The topological polar surface area (TPSA) is 66.5 Å². The average molecular weight is 367 g/mol. The molecule has 0 unspecified atom stereocenters. The molecule has 1 N–H and O–H groups in total. The van der Waals surface area contributed by atoms with E-state index in [1.165, 1.54) is 15.8 Å². The van der Waals surface area contributed by atoms with Gasteiger partial charge in [0.05, 0.1) is 9.77 Å². The summed E-state index contributed by atoms with van der Waals surface area (Å²) in [5, 5.41) is 4.28. The predicted octanol–water partition coefficient (Wildman–Crippen LogP) is 2.75. The van der Waals surface area contributed by atoms with Gasteiger partial charge in [-0.2, -0.15) is 0 Å². The molecule has 0 fully saturated rings. The molecule has 0 radical (unpaired) electrons. The van der Waals surface area contributed by atoms with Crippen molar-refractivity contribution in [1.82, 2.24) is 9.62 Å². The largest absolute Gasteiger partial charge is 0.349 e. The molecule has 5 nitrogen and oxygen atoms in total. The van der Waals surface area contributed by atoms with Gasteiger partial charge in [-0.05, 0) is 31.9 Å². The molecule has 0 aliphatic rings. The average Bonchev–Trinajstić information content (AvgIpc) is 3.03. The van der Waals surface area contributed by atoms with Gasteiger partial charge in [0.2, 0.25) is 10.0 Å². The van der Waals surface area contributed by atoms with Crippen molar-refractivity contribution in [2.24, 2.45) is 0 Å². The maximum absolute atomic E-state index is 12.6. The summed E-state index contributed by atoms with van der Waals surface area (Å²) in [5.41, 5.74) is 1.09. The van der Waals surface area contributed by atoms with Gasteiger partial charge in [-0.3, -0.25) is 4.79 Å². The van der Waals surface area contributed by atoms with Crippen molar-refractivity contribution >= 4 is 27.3 Å². The third-order valence-corrected chi connectivity index (χ3v) is 6.40. The normalized spacial score (nSPS) is 11.9. The molecular weight excluding hydrogens is 344 g/mol. The third kappa shape index (κ3) is 4.66. The van der Waals surface area contributed by atoms with Gasteiger partial charge in [0.25, 0.3) is 5.91 Å². The van der Waals surface area contributed by atoms with Crippen LogP contribution in [0.15, 0.2) is 46.7 Å². The first-order chi connectivity index (χ1) is 11.3. The molecule has 1 amide bonds. The zero-order chi connectivity index (χ0) is 17.7. The summed E-state index contributed by atoms with van der Waals surface area (Å²) < 4.78 is 26.6. The molecular formula is C17H22N2O3S2. The van der Waals surface area contributed by atoms with Crippen LogP contribution in [0.2, 0.25) is 0 Å². The second-order valence-electron chi connectivity index (χ2n) is 5.84. The highest BCUT2D eigenvalue weighted by Gasteiger charge is 2.23. The minimum absolute atomic E-state index is 0.00760. The van der Waals surface area contributed by atoms with Gasteiger partial charge in [-0.25, -0.2) is 12.7 Å². The van der Waals surface area contributed by atoms with E-state index in [1.807, 2.05) is 44.2 Å². The second-order valence-corrected chi connectivity index (χ2v) is 8.79. The minimum Gasteiger partial charge on any atom is -0.349 e. The Morgan fingerprint density at radius 1 is 1.25 bits per heavy atom. The van der Waals surface area contributed by atoms with Crippen LogP contribution in [0.25, 0.3) is 0 Å². The fourth-order valence-electron chi connectivity index (χ4n) is 2.14. The van der Waals surface area contributed by atoms with Crippen molar-refractivity contribution in [3.05, 3.63) is 52.2 Å². The van der Waals surface area contributed by atoms with E-state index in [-0.39, 0.29) is 16.8 Å². The first-order valence-electron chi connectivity index (χ1n) is 7.70. The number of amides is 1. The number of nitrogens with one attached hydrogen (secondary N) is 1. The van der Waals surface area contributed by atoms with Gasteiger partial charge in [-0.15, -0.1) is 11.3 Å². The molecule has 0 atom stereocenters. The van der Waals surface area contributed by atoms with Crippen LogP contribution in [0.1, 0.15) is 29.1 Å². The summed E-state index contributed by atoms with van der Waals surface area (Å²) in [7, 11) is -2.03. The van der Waals surface area contributed by atoms with Crippen LogP contribution in [0.4, 0.5) is 0 Å². The number of hydrogen-bond donors (Lipinski definition) is 1. The Morgan fingerprint density at radius 2 is 1.92 bits per heavy atom. The van der Waals surface area contributed by atoms with Gasteiger partial charge in [-0.1, -0.05) is 30.3 Å². The molecule has 0 aliphatic heterocycles. The molecule has 7 heteroatoms. The summed E-state index contributed by atoms with van der Waals surface area (Å²) in [6.45, 7) is 4.11. The Balaban J connectivity index is 2.06. The van der Waals surface area contributed by atoms with Crippen molar-refractivity contribution in [3.63, 3.8) is 0 Å². The smallest absolute Gasteiger partial charge is 0.261 e. The van der Waals surface area contributed by atoms with Crippen LogP contribution in [0.3, 0.4) is 0 Å². The number of carbonyl (C=O) groups is 1. The Kier molecular flexibility index (Phi) is 6.15. The second kappa shape index (κ2) is 7.92. The Labute approximate surface area is 147 Å². The molecule has 2 aromatic rings. The maximum Gasteiger partial charge on any atom is 0.261 e. The van der Waals surface area contributed by atoms with Gasteiger partial charge in [0, 0.05) is 25.0 Å². The first kappa shape index (κ1) is 18.6. The quantitative estimate of drug-likeness (QED) is 0.819. The zero-order valence-electron chi connectivity index (χ0n) is 14.0. The van der Waals surface area contributed by atoms with Crippen LogP contribution in [-0.4, -0.2) is 38.3 Å². The molecule has 0 spiro atoms. The lowest BCUT2D eigenvalue weighted by molar-refractivity contribution is 0.0947. The monoisotopic (exact) mass is 366 g/mol. The highest BCUT2D eigenvalue weighted by molar-refractivity contribution is 7.89. The van der Waals surface area contributed by atoms with Crippen LogP contribution >= 0.6 is 11.3 Å². The van der Waals surface area contributed by atoms with Crippen molar-refractivity contribution in [3.8, 4) is 0 Å². The Bertz CT molecular complexity index is 783. The molecule has 0 saturated carbocycles. The first-order valence-corrected chi connectivity index (χ1v) is 10.0. The maximum atomic E-state index is 12.6.